The largest absolute Gasteiger partial charge is 0.379 e. The normalized spacial score (nSPS) is 22.5. The second-order valence-corrected chi connectivity index (χ2v) is 6.22. The maximum Gasteiger partial charge on any atom is 0.237 e. The van der Waals surface area contributed by atoms with Gasteiger partial charge in [-0.15, -0.1) is 0 Å². The molecular formula is C17H26N4O2. The summed E-state index contributed by atoms with van der Waals surface area (Å²) in [7, 11) is 1.81. The Morgan fingerprint density at radius 2 is 2.17 bits per heavy atom. The van der Waals surface area contributed by atoms with Crippen LogP contribution in [0.5, 0.6) is 0 Å². The second kappa shape index (κ2) is 7.86. The average Bonchev–Trinajstić information content (AvgIpc) is 3.06. The van der Waals surface area contributed by atoms with Crippen LogP contribution >= 0.6 is 0 Å². The Bertz CT molecular complexity index is 531. The molecule has 1 amide bonds. The van der Waals surface area contributed by atoms with Crippen LogP contribution in [0.4, 0.5) is 0 Å². The number of carbonyl (C=O) groups excluding carboxylic acids is 1. The van der Waals surface area contributed by atoms with Gasteiger partial charge in [-0.2, -0.15) is 0 Å². The number of ether oxygens (including phenoxy) is 1. The number of nitrogens with one attached hydrogen (secondary N) is 1. The molecule has 6 nitrogen and oxygen atoms in total. The van der Waals surface area contributed by atoms with Crippen LogP contribution < -0.4 is 5.32 Å². The fourth-order valence-electron chi connectivity index (χ4n) is 3.39. The summed E-state index contributed by atoms with van der Waals surface area (Å²) in [6, 6.07) is 6.32. The van der Waals surface area contributed by atoms with E-state index in [0.717, 1.165) is 63.6 Å². The van der Waals surface area contributed by atoms with E-state index in [2.05, 4.69) is 28.4 Å². The number of likely N-dealkylation sites (N-methyl/N-ethyl adjacent to an activating group) is 1. The van der Waals surface area contributed by atoms with Gasteiger partial charge in [-0.25, -0.2) is 0 Å². The number of aromatic nitrogens is 1. The average molecular weight is 318 g/mol. The van der Waals surface area contributed by atoms with E-state index >= 15 is 0 Å². The molecule has 126 valence electrons. The minimum absolute atomic E-state index is 0.125. The summed E-state index contributed by atoms with van der Waals surface area (Å²) >= 11 is 0. The standard InChI is InChI=1S/C17H26N4O2/c1-18-12-17(22)21-7-3-6-16(21)15-5-2-4-14(19-15)13-20-8-10-23-11-9-20/h2,4-5,16,18H,3,6-13H2,1H3. The highest BCUT2D eigenvalue weighted by atomic mass is 16.5. The fourth-order valence-corrected chi connectivity index (χ4v) is 3.39. The first-order chi connectivity index (χ1) is 11.3. The van der Waals surface area contributed by atoms with Crippen LogP contribution in [0.2, 0.25) is 0 Å². The first-order valence-electron chi connectivity index (χ1n) is 8.48. The number of rotatable bonds is 5. The molecule has 1 atom stereocenters. The lowest BCUT2D eigenvalue weighted by Crippen LogP contribution is -2.37. The molecule has 0 bridgehead atoms. The van der Waals surface area contributed by atoms with Crippen molar-refractivity contribution in [2.45, 2.75) is 25.4 Å². The number of morpholine rings is 1. The number of hydrogen-bond donors (Lipinski definition) is 1. The van der Waals surface area contributed by atoms with Crippen molar-refractivity contribution in [1.82, 2.24) is 20.1 Å². The van der Waals surface area contributed by atoms with E-state index in [-0.39, 0.29) is 11.9 Å². The molecule has 0 saturated carbocycles. The van der Waals surface area contributed by atoms with E-state index in [9.17, 15) is 4.79 Å². The molecule has 1 aromatic rings. The molecule has 2 aliphatic heterocycles. The number of pyridine rings is 1. The Labute approximate surface area is 137 Å². The predicted octanol–water partition coefficient (Wildman–Crippen LogP) is 0.797. The van der Waals surface area contributed by atoms with Crippen LogP contribution in [0.15, 0.2) is 18.2 Å². The smallest absolute Gasteiger partial charge is 0.237 e. The summed E-state index contributed by atoms with van der Waals surface area (Å²) in [5.41, 5.74) is 2.11. The Morgan fingerprint density at radius 1 is 1.35 bits per heavy atom. The molecule has 1 N–H and O–H groups in total. The van der Waals surface area contributed by atoms with Crippen LogP contribution in [0.3, 0.4) is 0 Å². The Hall–Kier alpha value is -1.50. The first kappa shape index (κ1) is 16.4. The highest BCUT2D eigenvalue weighted by Gasteiger charge is 2.30. The second-order valence-electron chi connectivity index (χ2n) is 6.22. The molecule has 6 heteroatoms. The molecule has 3 heterocycles. The minimum atomic E-state index is 0.125. The van der Waals surface area contributed by atoms with Crippen LogP contribution in [-0.2, 0) is 16.1 Å². The summed E-state index contributed by atoms with van der Waals surface area (Å²) in [6.07, 6.45) is 2.05. The molecule has 3 rings (SSSR count). The van der Waals surface area contributed by atoms with Crippen LogP contribution in [0.25, 0.3) is 0 Å². The minimum Gasteiger partial charge on any atom is -0.379 e. The van der Waals surface area contributed by atoms with Gasteiger partial charge in [-0.3, -0.25) is 14.7 Å². The zero-order valence-electron chi connectivity index (χ0n) is 13.8. The van der Waals surface area contributed by atoms with Gasteiger partial charge in [0.15, 0.2) is 0 Å². The Morgan fingerprint density at radius 3 is 2.96 bits per heavy atom. The third-order valence-electron chi connectivity index (χ3n) is 4.56. The fraction of sp³-hybridized carbons (Fsp3) is 0.647. The van der Waals surface area contributed by atoms with Crippen molar-refractivity contribution in [2.24, 2.45) is 0 Å². The summed E-state index contributed by atoms with van der Waals surface area (Å²) in [6.45, 7) is 5.60. The number of nitrogens with zero attached hydrogens (tertiary/aromatic N) is 3. The summed E-state index contributed by atoms with van der Waals surface area (Å²) < 4.78 is 5.39. The zero-order chi connectivity index (χ0) is 16.1. The number of carbonyl (C=O) groups is 1. The monoisotopic (exact) mass is 318 g/mol. The SMILES string of the molecule is CNCC(=O)N1CCCC1c1cccc(CN2CCOCC2)n1. The van der Waals surface area contributed by atoms with Gasteiger partial charge < -0.3 is 15.0 Å². The number of amides is 1. The van der Waals surface area contributed by atoms with Gasteiger partial charge >= 0.3 is 0 Å². The van der Waals surface area contributed by atoms with Crippen molar-refractivity contribution in [3.05, 3.63) is 29.6 Å². The molecule has 0 aromatic carbocycles. The molecule has 0 spiro atoms. The third kappa shape index (κ3) is 4.07. The van der Waals surface area contributed by atoms with Crippen molar-refractivity contribution in [3.63, 3.8) is 0 Å². The van der Waals surface area contributed by atoms with Crippen LogP contribution in [-0.4, -0.2) is 67.1 Å². The van der Waals surface area contributed by atoms with E-state index < -0.39 is 0 Å². The number of hydrogen-bond acceptors (Lipinski definition) is 5. The molecule has 1 unspecified atom stereocenters. The Kier molecular flexibility index (Phi) is 5.59. The lowest BCUT2D eigenvalue weighted by atomic mass is 10.1. The van der Waals surface area contributed by atoms with Gasteiger partial charge in [-0.1, -0.05) is 6.07 Å². The zero-order valence-corrected chi connectivity index (χ0v) is 13.8. The number of likely N-dealkylation sites (tertiary alicyclic amines) is 1. The molecule has 2 saturated heterocycles. The van der Waals surface area contributed by atoms with E-state index in [1.165, 1.54) is 0 Å². The lowest BCUT2D eigenvalue weighted by Gasteiger charge is -2.27. The molecule has 1 aromatic heterocycles. The van der Waals surface area contributed by atoms with E-state index in [1.54, 1.807) is 0 Å². The molecule has 0 aliphatic carbocycles. The van der Waals surface area contributed by atoms with Crippen molar-refractivity contribution in [3.8, 4) is 0 Å². The van der Waals surface area contributed by atoms with Crippen molar-refractivity contribution >= 4 is 5.91 Å². The maximum absolute atomic E-state index is 12.2. The van der Waals surface area contributed by atoms with Crippen molar-refractivity contribution < 1.29 is 9.53 Å². The molecule has 23 heavy (non-hydrogen) atoms. The molecule has 2 fully saturated rings. The van der Waals surface area contributed by atoms with Gasteiger partial charge in [0, 0.05) is 26.2 Å². The predicted molar refractivity (Wildman–Crippen MR) is 87.9 cm³/mol. The van der Waals surface area contributed by atoms with Gasteiger partial charge in [0.05, 0.1) is 37.2 Å². The summed E-state index contributed by atoms with van der Waals surface area (Å²) in [5.74, 6) is 0.162. The summed E-state index contributed by atoms with van der Waals surface area (Å²) in [4.78, 5) is 21.4. The van der Waals surface area contributed by atoms with Gasteiger partial charge in [-0.05, 0) is 32.0 Å². The van der Waals surface area contributed by atoms with Gasteiger partial charge in [0.2, 0.25) is 5.91 Å². The highest BCUT2D eigenvalue weighted by Crippen LogP contribution is 2.30. The maximum atomic E-state index is 12.2. The van der Waals surface area contributed by atoms with E-state index in [0.29, 0.717) is 6.54 Å². The lowest BCUT2D eigenvalue weighted by molar-refractivity contribution is -0.131. The van der Waals surface area contributed by atoms with Gasteiger partial charge in [0.1, 0.15) is 0 Å². The van der Waals surface area contributed by atoms with Gasteiger partial charge in [0.25, 0.3) is 0 Å². The van der Waals surface area contributed by atoms with Crippen LogP contribution in [0, 0.1) is 0 Å². The summed E-state index contributed by atoms with van der Waals surface area (Å²) in [5, 5.41) is 2.95. The van der Waals surface area contributed by atoms with Crippen LogP contribution in [0.1, 0.15) is 30.3 Å². The third-order valence-corrected chi connectivity index (χ3v) is 4.56. The molecule has 2 aliphatic rings. The van der Waals surface area contributed by atoms with Crippen molar-refractivity contribution in [1.29, 1.82) is 0 Å². The van der Waals surface area contributed by atoms with E-state index in [1.807, 2.05) is 11.9 Å². The topological polar surface area (TPSA) is 57.7 Å². The Balaban J connectivity index is 1.69. The molecule has 0 radical (unpaired) electrons. The van der Waals surface area contributed by atoms with Crippen molar-refractivity contribution in [2.75, 3.05) is 46.4 Å². The van der Waals surface area contributed by atoms with E-state index in [4.69, 9.17) is 9.72 Å². The quantitative estimate of drug-likeness (QED) is 0.870. The first-order valence-corrected chi connectivity index (χ1v) is 8.48. The molecular weight excluding hydrogens is 292 g/mol. The highest BCUT2D eigenvalue weighted by molar-refractivity contribution is 5.79.